The van der Waals surface area contributed by atoms with Crippen molar-refractivity contribution >= 4 is 0 Å². The number of hydrogen-bond donors (Lipinski definition) is 7. The quantitative estimate of drug-likeness (QED) is 0.240. The minimum Gasteiger partial charge on any atom is -0.396 e. The van der Waals surface area contributed by atoms with Crippen LogP contribution in [0.25, 0.3) is 0 Å². The van der Waals surface area contributed by atoms with E-state index in [4.69, 9.17) is 5.11 Å². The normalized spacial score (nSPS) is 48.4. The summed E-state index contributed by atoms with van der Waals surface area (Å²) in [5, 5.41) is 58.2. The molecule has 15 heavy (non-hydrogen) atoms. The Kier molecular flexibility index (Phi) is 4.41. The molecule has 0 spiro atoms. The van der Waals surface area contributed by atoms with Crippen LogP contribution in [-0.4, -0.2) is 74.4 Å². The summed E-state index contributed by atoms with van der Waals surface area (Å²) in [5.41, 5.74) is 0. The van der Waals surface area contributed by atoms with Gasteiger partial charge >= 0.3 is 0 Å². The van der Waals surface area contributed by atoms with Crippen molar-refractivity contribution in [3.05, 3.63) is 0 Å². The number of nitrogens with one attached hydrogen (secondary N) is 1. The molecule has 6 atom stereocenters. The third-order valence-electron chi connectivity index (χ3n) is 2.68. The highest BCUT2D eigenvalue weighted by Crippen LogP contribution is 2.16. The zero-order valence-corrected chi connectivity index (χ0v) is 8.06. The standard InChI is InChI=1S/C8H17NO6/c10-2-3-1-9-8(15)7(14)6(13)5(12)4(3)11/h3-15H,1-2H2/t3-,4-,5+,6-,7+,8?/m0/s1. The Hall–Kier alpha value is -0.280. The first-order valence-corrected chi connectivity index (χ1v) is 4.73. The van der Waals surface area contributed by atoms with Crippen molar-refractivity contribution in [1.29, 1.82) is 0 Å². The minimum absolute atomic E-state index is 0.0275. The molecule has 1 aliphatic heterocycles. The molecule has 1 saturated heterocycles. The summed E-state index contributed by atoms with van der Waals surface area (Å²) >= 11 is 0. The molecule has 1 unspecified atom stereocenters. The highest BCUT2D eigenvalue weighted by Gasteiger charge is 2.39. The van der Waals surface area contributed by atoms with Crippen LogP contribution in [0.1, 0.15) is 0 Å². The van der Waals surface area contributed by atoms with Crippen LogP contribution in [-0.2, 0) is 0 Å². The van der Waals surface area contributed by atoms with Crippen LogP contribution in [0.4, 0.5) is 0 Å². The lowest BCUT2D eigenvalue weighted by Gasteiger charge is -2.36. The van der Waals surface area contributed by atoms with E-state index in [9.17, 15) is 25.5 Å². The zero-order chi connectivity index (χ0) is 11.6. The smallest absolute Gasteiger partial charge is 0.133 e. The van der Waals surface area contributed by atoms with E-state index in [1.807, 2.05) is 0 Å². The van der Waals surface area contributed by atoms with Crippen LogP contribution in [0.15, 0.2) is 0 Å². The minimum atomic E-state index is -1.67. The average Bonchev–Trinajstić information content (AvgIpc) is 2.25. The third-order valence-corrected chi connectivity index (χ3v) is 2.68. The second-order valence-corrected chi connectivity index (χ2v) is 3.76. The van der Waals surface area contributed by atoms with E-state index in [1.54, 1.807) is 0 Å². The van der Waals surface area contributed by atoms with Crippen LogP contribution in [0.3, 0.4) is 0 Å². The van der Waals surface area contributed by atoms with Gasteiger partial charge in [-0.2, -0.15) is 0 Å². The first kappa shape index (κ1) is 12.8. The maximum absolute atomic E-state index is 9.51. The van der Waals surface area contributed by atoms with Gasteiger partial charge in [-0.05, 0) is 0 Å². The van der Waals surface area contributed by atoms with Crippen molar-refractivity contribution in [1.82, 2.24) is 5.32 Å². The molecule has 90 valence electrons. The number of hydrogen-bond acceptors (Lipinski definition) is 7. The highest BCUT2D eigenvalue weighted by atomic mass is 16.4. The summed E-state index contributed by atoms with van der Waals surface area (Å²) in [4.78, 5) is 0. The van der Waals surface area contributed by atoms with Gasteiger partial charge in [-0.15, -0.1) is 0 Å². The SMILES string of the molecule is OC[C@@H]1CNC(O)[C@H](O)[C@@H](O)[C@H](O)[C@H]1O. The van der Waals surface area contributed by atoms with Gasteiger partial charge in [-0.1, -0.05) is 0 Å². The van der Waals surface area contributed by atoms with Crippen molar-refractivity contribution in [2.45, 2.75) is 30.6 Å². The molecule has 0 bridgehead atoms. The largest absolute Gasteiger partial charge is 0.396 e. The Balaban J connectivity index is 2.77. The molecule has 0 aromatic carbocycles. The fourth-order valence-electron chi connectivity index (χ4n) is 1.56. The summed E-state index contributed by atoms with van der Waals surface area (Å²) < 4.78 is 0. The molecule has 0 saturated carbocycles. The summed E-state index contributed by atoms with van der Waals surface area (Å²) in [7, 11) is 0. The van der Waals surface area contributed by atoms with Crippen LogP contribution >= 0.6 is 0 Å². The van der Waals surface area contributed by atoms with Gasteiger partial charge < -0.3 is 30.6 Å². The molecule has 0 radical (unpaired) electrons. The van der Waals surface area contributed by atoms with Gasteiger partial charge in [-0.3, -0.25) is 5.32 Å². The lowest BCUT2D eigenvalue weighted by Crippen LogP contribution is -2.59. The molecule has 0 aromatic heterocycles. The van der Waals surface area contributed by atoms with Crippen LogP contribution in [0.5, 0.6) is 0 Å². The highest BCUT2D eigenvalue weighted by molar-refractivity contribution is 4.90. The van der Waals surface area contributed by atoms with E-state index in [0.717, 1.165) is 0 Å². The second kappa shape index (κ2) is 5.17. The van der Waals surface area contributed by atoms with Crippen molar-refractivity contribution in [2.24, 2.45) is 5.92 Å². The van der Waals surface area contributed by atoms with Gasteiger partial charge in [0, 0.05) is 19.1 Å². The molecule has 0 aliphatic carbocycles. The summed E-state index contributed by atoms with van der Waals surface area (Å²) in [6.07, 6.45) is -7.63. The third kappa shape index (κ3) is 2.64. The zero-order valence-electron chi connectivity index (χ0n) is 8.06. The monoisotopic (exact) mass is 223 g/mol. The average molecular weight is 223 g/mol. The molecule has 1 fully saturated rings. The van der Waals surface area contributed by atoms with E-state index in [1.165, 1.54) is 0 Å². The summed E-state index contributed by atoms with van der Waals surface area (Å²) in [6.45, 7) is -0.375. The van der Waals surface area contributed by atoms with Gasteiger partial charge in [0.15, 0.2) is 0 Å². The molecule has 0 amide bonds. The van der Waals surface area contributed by atoms with Crippen molar-refractivity contribution in [3.8, 4) is 0 Å². The predicted molar refractivity (Wildman–Crippen MR) is 48.6 cm³/mol. The lowest BCUT2D eigenvalue weighted by atomic mass is 9.90. The molecule has 1 heterocycles. The molecule has 1 rings (SSSR count). The second-order valence-electron chi connectivity index (χ2n) is 3.76. The summed E-state index contributed by atoms with van der Waals surface area (Å²) in [5.74, 6) is -0.711. The first-order valence-electron chi connectivity index (χ1n) is 4.73. The fourth-order valence-corrected chi connectivity index (χ4v) is 1.56. The molecule has 0 aromatic rings. The topological polar surface area (TPSA) is 133 Å². The Labute approximate surface area is 86.6 Å². The van der Waals surface area contributed by atoms with E-state index >= 15 is 0 Å². The summed E-state index contributed by atoms with van der Waals surface area (Å²) in [6, 6.07) is 0. The van der Waals surface area contributed by atoms with Gasteiger partial charge in [0.25, 0.3) is 0 Å². The van der Waals surface area contributed by atoms with Crippen LogP contribution in [0.2, 0.25) is 0 Å². The van der Waals surface area contributed by atoms with Crippen molar-refractivity contribution < 1.29 is 30.6 Å². The Morgan fingerprint density at radius 1 is 0.867 bits per heavy atom. The van der Waals surface area contributed by atoms with Gasteiger partial charge in [0.1, 0.15) is 24.5 Å². The van der Waals surface area contributed by atoms with Gasteiger partial charge in [-0.25, -0.2) is 0 Å². The van der Waals surface area contributed by atoms with Crippen LogP contribution < -0.4 is 5.32 Å². The van der Waals surface area contributed by atoms with Gasteiger partial charge in [0.2, 0.25) is 0 Å². The number of aliphatic hydroxyl groups is 6. The fraction of sp³-hybridized carbons (Fsp3) is 1.00. The molecule has 7 heteroatoms. The Morgan fingerprint density at radius 2 is 1.40 bits per heavy atom. The van der Waals surface area contributed by atoms with Crippen molar-refractivity contribution in [2.75, 3.05) is 13.2 Å². The number of rotatable bonds is 1. The molecule has 7 N–H and O–H groups in total. The first-order chi connectivity index (χ1) is 6.99. The number of aliphatic hydroxyl groups excluding tert-OH is 6. The van der Waals surface area contributed by atoms with E-state index in [2.05, 4.69) is 5.32 Å². The molecular weight excluding hydrogens is 206 g/mol. The maximum Gasteiger partial charge on any atom is 0.133 e. The maximum atomic E-state index is 9.51. The molecule has 1 aliphatic rings. The Bertz CT molecular complexity index is 200. The predicted octanol–water partition coefficient (Wildman–Crippen LogP) is -4.04. The Morgan fingerprint density at radius 3 is 1.93 bits per heavy atom. The van der Waals surface area contributed by atoms with Crippen molar-refractivity contribution in [3.63, 3.8) is 0 Å². The van der Waals surface area contributed by atoms with E-state index in [-0.39, 0.29) is 6.54 Å². The molecular formula is C8H17NO6. The lowest BCUT2D eigenvalue weighted by molar-refractivity contribution is -0.163. The van der Waals surface area contributed by atoms with Crippen LogP contribution in [0, 0.1) is 5.92 Å². The van der Waals surface area contributed by atoms with E-state index < -0.39 is 43.2 Å². The molecule has 7 nitrogen and oxygen atoms in total. The van der Waals surface area contributed by atoms with Gasteiger partial charge in [0.05, 0.1) is 6.10 Å². The van der Waals surface area contributed by atoms with E-state index in [0.29, 0.717) is 0 Å².